The lowest BCUT2D eigenvalue weighted by atomic mass is 9.95. The average Bonchev–Trinajstić information content (AvgIpc) is 3.22. The monoisotopic (exact) mass is 444 g/mol. The van der Waals surface area contributed by atoms with E-state index in [-0.39, 0.29) is 17.5 Å². The molecule has 0 spiro atoms. The van der Waals surface area contributed by atoms with Gasteiger partial charge in [0.2, 0.25) is 17.6 Å². The Balaban J connectivity index is 1.30. The first-order valence-corrected chi connectivity index (χ1v) is 10.4. The molecular formula is C23H23F3N4O2. The van der Waals surface area contributed by atoms with E-state index in [0.717, 1.165) is 23.3 Å². The molecular weight excluding hydrogens is 421 g/mol. The maximum Gasteiger partial charge on any atom is 0.416 e. The third kappa shape index (κ3) is 5.16. The van der Waals surface area contributed by atoms with E-state index < -0.39 is 11.7 Å². The van der Waals surface area contributed by atoms with Gasteiger partial charge >= 0.3 is 6.18 Å². The van der Waals surface area contributed by atoms with Crippen molar-refractivity contribution in [1.29, 1.82) is 0 Å². The zero-order chi connectivity index (χ0) is 22.7. The lowest BCUT2D eigenvalue weighted by molar-refractivity contribution is -0.137. The Morgan fingerprint density at radius 3 is 2.62 bits per heavy atom. The van der Waals surface area contributed by atoms with E-state index in [4.69, 9.17) is 4.52 Å². The SMILES string of the molecule is Cc1ccccc1-c1noc(CN2CCC(C(=O)Nc3cccc(C(F)(F)F)c3)CC2)n1. The van der Waals surface area contributed by atoms with E-state index in [1.165, 1.54) is 12.1 Å². The molecule has 1 amide bonds. The number of benzene rings is 2. The molecule has 1 saturated heterocycles. The zero-order valence-corrected chi connectivity index (χ0v) is 17.5. The number of piperidine rings is 1. The Bertz CT molecular complexity index is 1090. The van der Waals surface area contributed by atoms with Gasteiger partial charge in [-0.1, -0.05) is 35.5 Å². The van der Waals surface area contributed by atoms with E-state index in [9.17, 15) is 18.0 Å². The van der Waals surface area contributed by atoms with Crippen LogP contribution in [0.4, 0.5) is 18.9 Å². The molecule has 2 aromatic carbocycles. The maximum absolute atomic E-state index is 12.9. The summed E-state index contributed by atoms with van der Waals surface area (Å²) in [4.78, 5) is 19.1. The fourth-order valence-electron chi connectivity index (χ4n) is 3.81. The standard InChI is InChI=1S/C23H23F3N4O2/c1-15-5-2-3-8-19(15)21-28-20(32-29-21)14-30-11-9-16(10-12-30)22(31)27-18-7-4-6-17(13-18)23(24,25)26/h2-8,13,16H,9-12,14H2,1H3,(H,27,31). The van der Waals surface area contributed by atoms with E-state index in [2.05, 4.69) is 20.4 Å². The lowest BCUT2D eigenvalue weighted by Crippen LogP contribution is -2.37. The lowest BCUT2D eigenvalue weighted by Gasteiger charge is -2.30. The molecule has 1 fully saturated rings. The molecule has 0 unspecified atom stereocenters. The molecule has 9 heteroatoms. The molecule has 168 valence electrons. The van der Waals surface area contributed by atoms with Crippen molar-refractivity contribution in [3.63, 3.8) is 0 Å². The van der Waals surface area contributed by atoms with Crippen LogP contribution in [-0.4, -0.2) is 34.0 Å². The molecule has 0 aliphatic carbocycles. The number of halogens is 3. The van der Waals surface area contributed by atoms with E-state index in [1.54, 1.807) is 0 Å². The van der Waals surface area contributed by atoms with Gasteiger partial charge in [-0.2, -0.15) is 18.2 Å². The second-order valence-corrected chi connectivity index (χ2v) is 7.94. The van der Waals surface area contributed by atoms with E-state index >= 15 is 0 Å². The van der Waals surface area contributed by atoms with Gasteiger partial charge in [0.15, 0.2) is 0 Å². The largest absolute Gasteiger partial charge is 0.416 e. The molecule has 6 nitrogen and oxygen atoms in total. The fourth-order valence-corrected chi connectivity index (χ4v) is 3.81. The van der Waals surface area contributed by atoms with Crippen LogP contribution in [0.2, 0.25) is 0 Å². The zero-order valence-electron chi connectivity index (χ0n) is 17.5. The highest BCUT2D eigenvalue weighted by atomic mass is 19.4. The Morgan fingerprint density at radius 1 is 1.16 bits per heavy atom. The van der Waals surface area contributed by atoms with Crippen LogP contribution < -0.4 is 5.32 Å². The highest BCUT2D eigenvalue weighted by molar-refractivity contribution is 5.92. The van der Waals surface area contributed by atoms with Crippen molar-refractivity contribution in [2.24, 2.45) is 5.92 Å². The number of amides is 1. The highest BCUT2D eigenvalue weighted by Gasteiger charge is 2.31. The van der Waals surface area contributed by atoms with Crippen LogP contribution in [0.3, 0.4) is 0 Å². The van der Waals surface area contributed by atoms with Crippen LogP contribution in [-0.2, 0) is 17.5 Å². The van der Waals surface area contributed by atoms with Crippen molar-refractivity contribution in [1.82, 2.24) is 15.0 Å². The van der Waals surface area contributed by atoms with Gasteiger partial charge in [-0.25, -0.2) is 0 Å². The number of carbonyl (C=O) groups is 1. The predicted octanol–water partition coefficient (Wildman–Crippen LogP) is 4.91. The predicted molar refractivity (Wildman–Crippen MR) is 113 cm³/mol. The molecule has 1 aliphatic heterocycles. The van der Waals surface area contributed by atoms with Gasteiger partial charge in [0, 0.05) is 17.2 Å². The Hall–Kier alpha value is -3.20. The number of hydrogen-bond acceptors (Lipinski definition) is 5. The molecule has 0 atom stereocenters. The summed E-state index contributed by atoms with van der Waals surface area (Å²) in [6, 6.07) is 12.5. The van der Waals surface area contributed by atoms with Crippen LogP contribution in [0.5, 0.6) is 0 Å². The van der Waals surface area contributed by atoms with Crippen LogP contribution >= 0.6 is 0 Å². The molecule has 4 rings (SSSR count). The summed E-state index contributed by atoms with van der Waals surface area (Å²) < 4.78 is 44.0. The number of nitrogens with zero attached hydrogens (tertiary/aromatic N) is 3. The number of carbonyl (C=O) groups excluding carboxylic acids is 1. The third-order valence-electron chi connectivity index (χ3n) is 5.63. The molecule has 0 radical (unpaired) electrons. The summed E-state index contributed by atoms with van der Waals surface area (Å²) in [5.41, 5.74) is 1.36. The minimum atomic E-state index is -4.44. The molecule has 2 heterocycles. The first-order chi connectivity index (χ1) is 15.3. The van der Waals surface area contributed by atoms with Crippen molar-refractivity contribution in [3.05, 3.63) is 65.5 Å². The summed E-state index contributed by atoms with van der Waals surface area (Å²) in [5, 5.41) is 6.69. The normalized spacial score (nSPS) is 15.6. The number of rotatable bonds is 5. The minimum Gasteiger partial charge on any atom is -0.338 e. The number of hydrogen-bond donors (Lipinski definition) is 1. The molecule has 1 aromatic heterocycles. The first-order valence-electron chi connectivity index (χ1n) is 10.4. The quantitative estimate of drug-likeness (QED) is 0.605. The first kappa shape index (κ1) is 22.0. The van der Waals surface area contributed by atoms with Crippen molar-refractivity contribution in [2.45, 2.75) is 32.5 Å². The smallest absolute Gasteiger partial charge is 0.338 e. The fraction of sp³-hybridized carbons (Fsp3) is 0.348. The van der Waals surface area contributed by atoms with E-state index in [1.807, 2.05) is 31.2 Å². The van der Waals surface area contributed by atoms with Gasteiger partial charge in [0.1, 0.15) is 0 Å². The van der Waals surface area contributed by atoms with Crippen molar-refractivity contribution >= 4 is 11.6 Å². The van der Waals surface area contributed by atoms with E-state index in [0.29, 0.717) is 44.2 Å². The van der Waals surface area contributed by atoms with Crippen molar-refractivity contribution in [2.75, 3.05) is 18.4 Å². The second kappa shape index (κ2) is 9.12. The Kier molecular flexibility index (Phi) is 6.27. The summed E-state index contributed by atoms with van der Waals surface area (Å²) in [6.45, 7) is 3.78. The van der Waals surface area contributed by atoms with Crippen molar-refractivity contribution in [3.8, 4) is 11.4 Å². The number of aryl methyl sites for hydroxylation is 1. The van der Waals surface area contributed by atoms with Crippen molar-refractivity contribution < 1.29 is 22.5 Å². The molecule has 0 bridgehead atoms. The Morgan fingerprint density at radius 2 is 1.91 bits per heavy atom. The number of aromatic nitrogens is 2. The number of likely N-dealkylation sites (tertiary alicyclic amines) is 1. The number of anilines is 1. The highest BCUT2D eigenvalue weighted by Crippen LogP contribution is 2.31. The molecule has 0 saturated carbocycles. The topological polar surface area (TPSA) is 71.3 Å². The second-order valence-electron chi connectivity index (χ2n) is 7.94. The number of nitrogens with one attached hydrogen (secondary N) is 1. The van der Waals surface area contributed by atoms with Crippen LogP contribution in [0, 0.1) is 12.8 Å². The van der Waals surface area contributed by atoms with Crippen LogP contribution in [0.25, 0.3) is 11.4 Å². The minimum absolute atomic E-state index is 0.154. The average molecular weight is 444 g/mol. The van der Waals surface area contributed by atoms with Gasteiger partial charge in [-0.3, -0.25) is 9.69 Å². The molecule has 1 aliphatic rings. The summed E-state index contributed by atoms with van der Waals surface area (Å²) in [7, 11) is 0. The summed E-state index contributed by atoms with van der Waals surface area (Å²) in [5.74, 6) is 0.540. The van der Waals surface area contributed by atoms with Gasteiger partial charge in [-0.05, 0) is 56.6 Å². The van der Waals surface area contributed by atoms with Gasteiger partial charge < -0.3 is 9.84 Å². The molecule has 32 heavy (non-hydrogen) atoms. The molecule has 3 aromatic rings. The van der Waals surface area contributed by atoms with Gasteiger partial charge in [0.25, 0.3) is 0 Å². The Labute approximate surface area is 183 Å². The van der Waals surface area contributed by atoms with Crippen LogP contribution in [0.15, 0.2) is 53.1 Å². The molecule has 1 N–H and O–H groups in total. The van der Waals surface area contributed by atoms with Crippen LogP contribution in [0.1, 0.15) is 29.9 Å². The van der Waals surface area contributed by atoms with Gasteiger partial charge in [0.05, 0.1) is 12.1 Å². The maximum atomic E-state index is 12.9. The number of alkyl halides is 3. The third-order valence-corrected chi connectivity index (χ3v) is 5.63. The van der Waals surface area contributed by atoms with Gasteiger partial charge in [-0.15, -0.1) is 0 Å². The summed E-state index contributed by atoms with van der Waals surface area (Å²) in [6.07, 6.45) is -3.24. The summed E-state index contributed by atoms with van der Waals surface area (Å²) >= 11 is 0.